The number of carbonyl (C=O) groups excluding carboxylic acids is 2. The van der Waals surface area contributed by atoms with Crippen LogP contribution < -0.4 is 11.1 Å². The number of ether oxygens (including phenoxy) is 2. The molecule has 0 saturated heterocycles. The maximum Gasteiger partial charge on any atom is 0.407 e. The van der Waals surface area contributed by atoms with Gasteiger partial charge in [0, 0.05) is 0 Å². The number of rotatable bonds is 7. The standard InChI is InChI=1S/C16H22N2O4/c1-21-14(19)10-16(9-13(16)7-8-17)18-15(20)22-11-12-5-3-2-4-6-12/h2-6,13H,7-11,17H2,1H3,(H,18,20)/t13-,16+/m1/s1. The molecule has 0 spiro atoms. The number of nitrogens with one attached hydrogen (secondary N) is 1. The van der Waals surface area contributed by atoms with Gasteiger partial charge in [0.1, 0.15) is 6.61 Å². The SMILES string of the molecule is COC(=O)C[C@@]1(NC(=O)OCc2ccccc2)C[C@H]1CCN. The van der Waals surface area contributed by atoms with Crippen LogP contribution in [0.15, 0.2) is 30.3 Å². The number of esters is 1. The van der Waals surface area contributed by atoms with Crippen molar-refractivity contribution in [1.29, 1.82) is 0 Å². The van der Waals surface area contributed by atoms with E-state index in [1.807, 2.05) is 30.3 Å². The number of hydrogen-bond donors (Lipinski definition) is 2. The fourth-order valence-electron chi connectivity index (χ4n) is 2.67. The second-order valence-corrected chi connectivity index (χ2v) is 5.57. The summed E-state index contributed by atoms with van der Waals surface area (Å²) >= 11 is 0. The Morgan fingerprint density at radius 1 is 1.36 bits per heavy atom. The summed E-state index contributed by atoms with van der Waals surface area (Å²) in [5.41, 5.74) is 5.90. The van der Waals surface area contributed by atoms with Crippen LogP contribution in [0.2, 0.25) is 0 Å². The lowest BCUT2D eigenvalue weighted by molar-refractivity contribution is -0.141. The Morgan fingerprint density at radius 3 is 2.73 bits per heavy atom. The summed E-state index contributed by atoms with van der Waals surface area (Å²) in [4.78, 5) is 23.5. The Hall–Kier alpha value is -2.08. The Labute approximate surface area is 130 Å². The number of nitrogens with two attached hydrogens (primary N) is 1. The Balaban J connectivity index is 1.87. The van der Waals surface area contributed by atoms with Gasteiger partial charge in [-0.15, -0.1) is 0 Å². The third-order valence-electron chi connectivity index (χ3n) is 4.00. The lowest BCUT2D eigenvalue weighted by Crippen LogP contribution is -2.41. The number of alkyl carbamates (subject to hydrolysis) is 1. The third-order valence-corrected chi connectivity index (χ3v) is 4.00. The molecule has 0 radical (unpaired) electrons. The molecule has 0 unspecified atom stereocenters. The van der Waals surface area contributed by atoms with Gasteiger partial charge in [0.2, 0.25) is 0 Å². The summed E-state index contributed by atoms with van der Waals surface area (Å²) in [7, 11) is 1.34. The Kier molecular flexibility index (Phi) is 5.38. The van der Waals surface area contributed by atoms with Gasteiger partial charge in [-0.2, -0.15) is 0 Å². The molecule has 0 heterocycles. The Morgan fingerprint density at radius 2 is 2.09 bits per heavy atom. The van der Waals surface area contributed by atoms with Crippen LogP contribution in [0.5, 0.6) is 0 Å². The predicted octanol–water partition coefficient (Wildman–Crippen LogP) is 1.58. The van der Waals surface area contributed by atoms with Crippen molar-refractivity contribution in [3.05, 3.63) is 35.9 Å². The zero-order valence-corrected chi connectivity index (χ0v) is 12.7. The zero-order valence-electron chi connectivity index (χ0n) is 12.7. The fourth-order valence-corrected chi connectivity index (χ4v) is 2.67. The van der Waals surface area contributed by atoms with Crippen molar-refractivity contribution in [3.8, 4) is 0 Å². The highest BCUT2D eigenvalue weighted by molar-refractivity contribution is 5.75. The van der Waals surface area contributed by atoms with E-state index in [0.29, 0.717) is 6.54 Å². The third kappa shape index (κ3) is 4.21. The van der Waals surface area contributed by atoms with Crippen LogP contribution in [0.1, 0.15) is 24.8 Å². The largest absolute Gasteiger partial charge is 0.469 e. The van der Waals surface area contributed by atoms with E-state index in [1.165, 1.54) is 7.11 Å². The van der Waals surface area contributed by atoms with Crippen molar-refractivity contribution in [3.63, 3.8) is 0 Å². The van der Waals surface area contributed by atoms with Crippen molar-refractivity contribution < 1.29 is 19.1 Å². The average molecular weight is 306 g/mol. The fraction of sp³-hybridized carbons (Fsp3) is 0.500. The first kappa shape index (κ1) is 16.3. The summed E-state index contributed by atoms with van der Waals surface area (Å²) in [6.07, 6.45) is 1.11. The normalized spacial score (nSPS) is 22.7. The van der Waals surface area contributed by atoms with Gasteiger partial charge < -0.3 is 20.5 Å². The van der Waals surface area contributed by atoms with Gasteiger partial charge in [0.15, 0.2) is 0 Å². The maximum absolute atomic E-state index is 12.0. The zero-order chi connectivity index (χ0) is 16.0. The second kappa shape index (κ2) is 7.26. The molecule has 0 bridgehead atoms. The molecule has 1 saturated carbocycles. The van der Waals surface area contributed by atoms with Gasteiger partial charge in [-0.1, -0.05) is 30.3 Å². The van der Waals surface area contributed by atoms with Crippen molar-refractivity contribution in [2.24, 2.45) is 11.7 Å². The summed E-state index contributed by atoms with van der Waals surface area (Å²) < 4.78 is 9.91. The molecule has 1 aliphatic carbocycles. The highest BCUT2D eigenvalue weighted by atomic mass is 16.5. The maximum atomic E-state index is 12.0. The molecular formula is C16H22N2O4. The van der Waals surface area contributed by atoms with Crippen molar-refractivity contribution in [2.45, 2.75) is 31.4 Å². The van der Waals surface area contributed by atoms with Crippen LogP contribution >= 0.6 is 0 Å². The first-order valence-corrected chi connectivity index (χ1v) is 7.35. The van der Waals surface area contributed by atoms with E-state index in [1.54, 1.807) is 0 Å². The van der Waals surface area contributed by atoms with Crippen molar-refractivity contribution >= 4 is 12.1 Å². The quantitative estimate of drug-likeness (QED) is 0.746. The van der Waals surface area contributed by atoms with Crippen LogP contribution in [0.4, 0.5) is 4.79 Å². The summed E-state index contributed by atoms with van der Waals surface area (Å²) in [6, 6.07) is 9.43. The summed E-state index contributed by atoms with van der Waals surface area (Å²) in [5.74, 6) is -0.149. The monoisotopic (exact) mass is 306 g/mol. The van der Waals surface area contributed by atoms with Gasteiger partial charge >= 0.3 is 12.1 Å². The topological polar surface area (TPSA) is 90.6 Å². The van der Waals surface area contributed by atoms with Gasteiger partial charge in [-0.25, -0.2) is 4.79 Å². The second-order valence-electron chi connectivity index (χ2n) is 5.57. The Bertz CT molecular complexity index is 520. The number of carbonyl (C=O) groups is 2. The molecule has 22 heavy (non-hydrogen) atoms. The van der Waals surface area contributed by atoms with Gasteiger partial charge in [0.05, 0.1) is 19.1 Å². The van der Waals surface area contributed by atoms with Crippen molar-refractivity contribution in [2.75, 3.05) is 13.7 Å². The molecule has 1 aliphatic rings. The molecule has 3 N–H and O–H groups in total. The molecule has 0 aromatic heterocycles. The first-order valence-electron chi connectivity index (χ1n) is 7.35. The van der Waals surface area contributed by atoms with E-state index in [0.717, 1.165) is 18.4 Å². The van der Waals surface area contributed by atoms with E-state index in [4.69, 9.17) is 15.2 Å². The molecule has 120 valence electrons. The lowest BCUT2D eigenvalue weighted by Gasteiger charge is -2.18. The number of hydrogen-bond acceptors (Lipinski definition) is 5. The minimum absolute atomic E-state index is 0.147. The van der Waals surface area contributed by atoms with E-state index < -0.39 is 11.6 Å². The van der Waals surface area contributed by atoms with Crippen LogP contribution in [0.3, 0.4) is 0 Å². The molecule has 1 amide bonds. The van der Waals surface area contributed by atoms with Crippen LogP contribution in [-0.4, -0.2) is 31.3 Å². The van der Waals surface area contributed by atoms with E-state index in [-0.39, 0.29) is 24.9 Å². The predicted molar refractivity (Wildman–Crippen MR) is 80.9 cm³/mol. The molecule has 6 heteroatoms. The molecule has 6 nitrogen and oxygen atoms in total. The molecular weight excluding hydrogens is 284 g/mol. The minimum Gasteiger partial charge on any atom is -0.469 e. The summed E-state index contributed by atoms with van der Waals surface area (Å²) in [6.45, 7) is 0.719. The molecule has 0 aliphatic heterocycles. The van der Waals surface area contributed by atoms with Gasteiger partial charge in [-0.05, 0) is 30.9 Å². The van der Waals surface area contributed by atoms with E-state index in [9.17, 15) is 9.59 Å². The highest BCUT2D eigenvalue weighted by Crippen LogP contribution is 2.48. The van der Waals surface area contributed by atoms with Crippen molar-refractivity contribution in [1.82, 2.24) is 5.32 Å². The molecule has 1 aromatic carbocycles. The van der Waals surface area contributed by atoms with Crippen LogP contribution in [0.25, 0.3) is 0 Å². The molecule has 1 aromatic rings. The lowest BCUT2D eigenvalue weighted by atomic mass is 10.1. The van der Waals surface area contributed by atoms with Gasteiger partial charge in [-0.3, -0.25) is 4.79 Å². The molecule has 2 rings (SSSR count). The highest BCUT2D eigenvalue weighted by Gasteiger charge is 2.56. The average Bonchev–Trinajstić information content (AvgIpc) is 3.18. The van der Waals surface area contributed by atoms with Crippen LogP contribution in [0, 0.1) is 5.92 Å². The first-order chi connectivity index (χ1) is 10.6. The molecule has 2 atom stereocenters. The summed E-state index contributed by atoms with van der Waals surface area (Å²) in [5, 5.41) is 2.82. The number of amides is 1. The molecule has 1 fully saturated rings. The van der Waals surface area contributed by atoms with Gasteiger partial charge in [0.25, 0.3) is 0 Å². The van der Waals surface area contributed by atoms with E-state index >= 15 is 0 Å². The van der Waals surface area contributed by atoms with Crippen LogP contribution in [-0.2, 0) is 20.9 Å². The number of methoxy groups -OCH3 is 1. The number of benzene rings is 1. The van der Waals surface area contributed by atoms with E-state index in [2.05, 4.69) is 5.32 Å². The smallest absolute Gasteiger partial charge is 0.407 e. The minimum atomic E-state index is -0.569.